The van der Waals surface area contributed by atoms with E-state index in [1.165, 1.54) is 12.6 Å². The Morgan fingerprint density at radius 1 is 1.24 bits per heavy atom. The summed E-state index contributed by atoms with van der Waals surface area (Å²) in [5.41, 5.74) is 0. The molecule has 3 rings (SSSR count). The molecule has 3 aliphatic rings. The standard InChI is InChI=1S/C13H21BN2O5/c1-16-8-12(17)20-14(16,21-13(18)9-16)11(7-15-19)10-5-3-2-4-6-10/h7,10-11,19H,2-6,8-9H2,1H3/b15-7+/t11-,14?,16?/m0/s1. The van der Waals surface area contributed by atoms with Gasteiger partial charge in [-0.05, 0) is 0 Å². The summed E-state index contributed by atoms with van der Waals surface area (Å²) in [7, 11) is 1.82. The van der Waals surface area contributed by atoms with Crippen molar-refractivity contribution in [1.29, 1.82) is 0 Å². The molecule has 8 heteroatoms. The topological polar surface area (TPSA) is 85.2 Å². The van der Waals surface area contributed by atoms with Crippen molar-refractivity contribution < 1.29 is 28.5 Å². The molecule has 7 nitrogen and oxygen atoms in total. The average Bonchev–Trinajstić information content (AvgIpc) is 2.81. The molecule has 0 radical (unpaired) electrons. The van der Waals surface area contributed by atoms with Crippen molar-refractivity contribution >= 4 is 24.8 Å². The smallest absolute Gasteiger partial charge is 0.592 e. The van der Waals surface area contributed by atoms with Crippen molar-refractivity contribution in [2.45, 2.75) is 37.9 Å². The number of rotatable bonds is 3. The van der Waals surface area contributed by atoms with E-state index in [0.29, 0.717) is 0 Å². The van der Waals surface area contributed by atoms with Gasteiger partial charge >= 0.3 is 18.6 Å². The third-order valence-electron chi connectivity index (χ3n) is 5.37. The average molecular weight is 296 g/mol. The summed E-state index contributed by atoms with van der Waals surface area (Å²) in [6.07, 6.45) is 6.72. The van der Waals surface area contributed by atoms with Crippen LogP contribution in [0.1, 0.15) is 32.1 Å². The Balaban J connectivity index is 1.99. The van der Waals surface area contributed by atoms with Gasteiger partial charge < -0.3 is 18.9 Å². The zero-order valence-corrected chi connectivity index (χ0v) is 12.2. The van der Waals surface area contributed by atoms with Crippen LogP contribution < -0.4 is 0 Å². The van der Waals surface area contributed by atoms with Crippen LogP contribution in [0.25, 0.3) is 0 Å². The van der Waals surface area contributed by atoms with Crippen LogP contribution in [-0.4, -0.2) is 54.6 Å². The summed E-state index contributed by atoms with van der Waals surface area (Å²) >= 11 is 0. The van der Waals surface area contributed by atoms with Crippen LogP contribution in [0.5, 0.6) is 0 Å². The summed E-state index contributed by atoms with van der Waals surface area (Å²) in [5.74, 6) is -0.837. The molecule has 0 amide bonds. The number of nitrogens with zero attached hydrogens (tertiary/aromatic N) is 2. The van der Waals surface area contributed by atoms with Gasteiger partial charge in [0, 0.05) is 19.1 Å². The van der Waals surface area contributed by atoms with Crippen molar-refractivity contribution in [3.63, 3.8) is 0 Å². The van der Waals surface area contributed by atoms with Crippen LogP contribution in [0.2, 0.25) is 5.82 Å². The lowest BCUT2D eigenvalue weighted by molar-refractivity contribution is -0.794. The highest BCUT2D eigenvalue weighted by Gasteiger charge is 2.69. The minimum Gasteiger partial charge on any atom is -0.600 e. The lowest BCUT2D eigenvalue weighted by atomic mass is 9.50. The number of fused-ring (bicyclic) bond motifs is 1. The third-order valence-corrected chi connectivity index (χ3v) is 5.37. The SMILES string of the molecule is C[N+]12CC(=O)O[B-]1([C@@H](/C=N/O)C1CCCCC1)OC(=O)C2. The van der Waals surface area contributed by atoms with Gasteiger partial charge in [-0.3, -0.25) is 9.59 Å². The highest BCUT2D eigenvalue weighted by Crippen LogP contribution is 2.47. The molecule has 1 atom stereocenters. The molecule has 0 aromatic rings. The van der Waals surface area contributed by atoms with Crippen molar-refractivity contribution in [1.82, 2.24) is 0 Å². The van der Waals surface area contributed by atoms with E-state index in [4.69, 9.17) is 14.5 Å². The summed E-state index contributed by atoms with van der Waals surface area (Å²) < 4.78 is 11.3. The molecule has 0 aromatic heterocycles. The van der Waals surface area contributed by atoms with E-state index in [1.807, 2.05) is 7.05 Å². The molecule has 0 bridgehead atoms. The number of likely N-dealkylation sites (N-methyl/N-ethyl adjacent to an activating group) is 1. The van der Waals surface area contributed by atoms with Crippen LogP contribution >= 0.6 is 0 Å². The Hall–Kier alpha value is -1.57. The predicted octanol–water partition coefficient (Wildman–Crippen LogP) is 0.896. The molecule has 3 fully saturated rings. The first-order valence-electron chi connectivity index (χ1n) is 7.61. The van der Waals surface area contributed by atoms with E-state index >= 15 is 0 Å². The second-order valence-electron chi connectivity index (χ2n) is 6.74. The highest BCUT2D eigenvalue weighted by molar-refractivity contribution is 6.70. The fourth-order valence-electron chi connectivity index (χ4n) is 4.37. The monoisotopic (exact) mass is 296 g/mol. The maximum atomic E-state index is 11.8. The van der Waals surface area contributed by atoms with Gasteiger partial charge in [-0.15, -0.1) is 5.16 Å². The van der Waals surface area contributed by atoms with E-state index in [1.54, 1.807) is 0 Å². The largest absolute Gasteiger partial charge is 0.600 e. The lowest BCUT2D eigenvalue weighted by Crippen LogP contribution is -2.64. The summed E-state index contributed by atoms with van der Waals surface area (Å²) in [6, 6.07) is 0. The van der Waals surface area contributed by atoms with Gasteiger partial charge in [0.2, 0.25) is 0 Å². The molecule has 1 N–H and O–H groups in total. The minimum absolute atomic E-state index is 0.133. The van der Waals surface area contributed by atoms with Crippen LogP contribution in [0.4, 0.5) is 0 Å². The van der Waals surface area contributed by atoms with Gasteiger partial charge in [-0.1, -0.05) is 38.0 Å². The molecule has 2 saturated heterocycles. The quantitative estimate of drug-likeness (QED) is 0.362. The zero-order chi connectivity index (χ0) is 15.1. The molecule has 21 heavy (non-hydrogen) atoms. The summed E-state index contributed by atoms with van der Waals surface area (Å²) in [4.78, 5) is 23.7. The zero-order valence-electron chi connectivity index (χ0n) is 12.2. The summed E-state index contributed by atoms with van der Waals surface area (Å²) in [6.45, 7) is -1.90. The number of oxime groups is 1. The van der Waals surface area contributed by atoms with E-state index in [2.05, 4.69) is 5.16 Å². The highest BCUT2D eigenvalue weighted by atomic mass is 16.7. The Labute approximate surface area is 123 Å². The predicted molar refractivity (Wildman–Crippen MR) is 74.5 cm³/mol. The normalized spacial score (nSPS) is 38.3. The van der Waals surface area contributed by atoms with Crippen molar-refractivity contribution in [2.24, 2.45) is 11.1 Å². The summed E-state index contributed by atoms with van der Waals surface area (Å²) in [5, 5.41) is 12.2. The van der Waals surface area contributed by atoms with Gasteiger partial charge in [-0.25, -0.2) is 0 Å². The first-order valence-corrected chi connectivity index (χ1v) is 7.61. The second kappa shape index (κ2) is 5.01. The molecule has 0 unspecified atom stereocenters. The van der Waals surface area contributed by atoms with E-state index in [9.17, 15) is 9.59 Å². The first kappa shape index (κ1) is 14.4. The number of quaternary nitrogens is 1. The molecule has 1 saturated carbocycles. The molecular formula is C13H21BN2O5. The Morgan fingerprint density at radius 2 is 1.81 bits per heavy atom. The molecule has 0 aromatic carbocycles. The Morgan fingerprint density at radius 3 is 2.33 bits per heavy atom. The fraction of sp³-hybridized carbons (Fsp3) is 0.769. The van der Waals surface area contributed by atoms with Gasteiger partial charge in [-0.2, -0.15) is 0 Å². The molecule has 2 heterocycles. The van der Waals surface area contributed by atoms with E-state index in [-0.39, 0.29) is 41.2 Å². The number of hydrogen-bond acceptors (Lipinski definition) is 6. The third kappa shape index (κ3) is 2.12. The van der Waals surface area contributed by atoms with Gasteiger partial charge in [0.25, 0.3) is 0 Å². The van der Waals surface area contributed by atoms with Crippen LogP contribution in [0.15, 0.2) is 5.16 Å². The fourth-order valence-corrected chi connectivity index (χ4v) is 4.37. The maximum absolute atomic E-state index is 11.8. The van der Waals surface area contributed by atoms with Crippen LogP contribution in [-0.2, 0) is 18.9 Å². The van der Waals surface area contributed by atoms with E-state index < -0.39 is 6.69 Å². The molecule has 116 valence electrons. The number of carbonyl (C=O) groups is 2. The van der Waals surface area contributed by atoms with Gasteiger partial charge in [0.15, 0.2) is 0 Å². The van der Waals surface area contributed by atoms with Crippen molar-refractivity contribution in [3.05, 3.63) is 0 Å². The maximum Gasteiger partial charge on any atom is 0.592 e. The molecular weight excluding hydrogens is 275 g/mol. The number of carbonyl (C=O) groups excluding carboxylic acids is 2. The second-order valence-corrected chi connectivity index (χ2v) is 6.74. The molecule has 2 aliphatic heterocycles. The van der Waals surface area contributed by atoms with Crippen LogP contribution in [0, 0.1) is 5.92 Å². The van der Waals surface area contributed by atoms with E-state index in [0.717, 1.165) is 25.7 Å². The Bertz CT molecular complexity index is 469. The number of hydrogen-bond donors (Lipinski definition) is 1. The lowest BCUT2D eigenvalue weighted by Gasteiger charge is -2.46. The van der Waals surface area contributed by atoms with Gasteiger partial charge in [0.1, 0.15) is 13.1 Å². The van der Waals surface area contributed by atoms with Crippen LogP contribution in [0.3, 0.4) is 0 Å². The first-order chi connectivity index (χ1) is 10.0. The minimum atomic E-state index is -2.17. The van der Waals surface area contributed by atoms with Gasteiger partial charge in [0.05, 0.1) is 0 Å². The molecule has 0 spiro atoms. The Kier molecular flexibility index (Phi) is 3.43. The molecule has 1 aliphatic carbocycles. The van der Waals surface area contributed by atoms with Crippen molar-refractivity contribution in [3.8, 4) is 0 Å². The van der Waals surface area contributed by atoms with Crippen molar-refractivity contribution in [2.75, 3.05) is 20.1 Å².